The van der Waals surface area contributed by atoms with Gasteiger partial charge in [0.15, 0.2) is 5.65 Å². The Morgan fingerprint density at radius 1 is 0.951 bits per heavy atom. The number of rotatable bonds is 7. The van der Waals surface area contributed by atoms with Crippen LogP contribution in [0.15, 0.2) is 18.5 Å². The third-order valence-electron chi connectivity index (χ3n) is 6.48. The van der Waals surface area contributed by atoms with Crippen molar-refractivity contribution in [1.29, 1.82) is 0 Å². The van der Waals surface area contributed by atoms with Gasteiger partial charge in [0.1, 0.15) is 0 Å². The fraction of sp³-hybridized carbons (Fsp3) is 0.692. The van der Waals surface area contributed by atoms with Gasteiger partial charge < -0.3 is 10.6 Å². The first-order chi connectivity index (χ1) is 19.1. The second-order valence-corrected chi connectivity index (χ2v) is 10.5. The van der Waals surface area contributed by atoms with Crippen molar-refractivity contribution >= 4 is 17.5 Å². The number of alkyl halides is 8. The van der Waals surface area contributed by atoms with E-state index in [-0.39, 0.29) is 32.4 Å². The number of imidazole rings is 1. The number of nitrogens with zero attached hydrogens (tertiary/aromatic N) is 3. The van der Waals surface area contributed by atoms with Crippen LogP contribution in [0.1, 0.15) is 81.9 Å². The summed E-state index contributed by atoms with van der Waals surface area (Å²) >= 11 is 0. The van der Waals surface area contributed by atoms with E-state index >= 15 is 0 Å². The van der Waals surface area contributed by atoms with Gasteiger partial charge in [0.05, 0.1) is 42.9 Å². The molecular formula is C26H33F8N5O2. The molecule has 5 rings (SSSR count). The summed E-state index contributed by atoms with van der Waals surface area (Å²) in [6, 6.07) is 1.54. The highest BCUT2D eigenvalue weighted by molar-refractivity contribution is 5.81. The molecule has 0 radical (unpaired) electrons. The Balaban J connectivity index is 0.000000347. The molecule has 2 heterocycles. The van der Waals surface area contributed by atoms with E-state index in [1.807, 2.05) is 0 Å². The van der Waals surface area contributed by atoms with Gasteiger partial charge in [-0.15, -0.1) is 0 Å². The maximum Gasteiger partial charge on any atom is 0.392 e. The first-order valence-electron chi connectivity index (χ1n) is 13.5. The maximum absolute atomic E-state index is 12.5. The zero-order valence-corrected chi connectivity index (χ0v) is 22.3. The van der Waals surface area contributed by atoms with E-state index in [0.29, 0.717) is 29.7 Å². The van der Waals surface area contributed by atoms with E-state index < -0.39 is 54.8 Å². The van der Waals surface area contributed by atoms with Crippen LogP contribution in [0, 0.1) is 11.8 Å². The van der Waals surface area contributed by atoms with Gasteiger partial charge in [-0.05, 0) is 30.9 Å². The summed E-state index contributed by atoms with van der Waals surface area (Å²) in [6.45, 7) is -0.119. The lowest BCUT2D eigenvalue weighted by molar-refractivity contribution is -0.154. The Morgan fingerprint density at radius 3 is 2.10 bits per heavy atom. The third kappa shape index (κ3) is 12.2. The molecule has 3 aliphatic rings. The van der Waals surface area contributed by atoms with E-state index in [0.717, 1.165) is 6.42 Å². The average Bonchev–Trinajstić information content (AvgIpc) is 3.80. The number of hydrogen-bond donors (Lipinski definition) is 2. The summed E-state index contributed by atoms with van der Waals surface area (Å²) in [5.74, 6) is -6.44. The predicted octanol–water partition coefficient (Wildman–Crippen LogP) is 6.26. The van der Waals surface area contributed by atoms with E-state index in [1.165, 1.54) is 36.2 Å². The molecule has 41 heavy (non-hydrogen) atoms. The number of amides is 2. The van der Waals surface area contributed by atoms with E-state index in [4.69, 9.17) is 0 Å². The van der Waals surface area contributed by atoms with Crippen molar-refractivity contribution in [3.05, 3.63) is 29.7 Å². The Kier molecular flexibility index (Phi) is 10.9. The minimum absolute atomic E-state index is 0.0420. The molecule has 0 saturated heterocycles. The molecule has 2 amide bonds. The number of nitrogens with one attached hydrogen (secondary N) is 2. The molecule has 0 bridgehead atoms. The van der Waals surface area contributed by atoms with Crippen LogP contribution in [0.3, 0.4) is 0 Å². The van der Waals surface area contributed by atoms with Gasteiger partial charge in [0, 0.05) is 25.8 Å². The van der Waals surface area contributed by atoms with Crippen LogP contribution in [0.25, 0.3) is 5.65 Å². The van der Waals surface area contributed by atoms with Crippen molar-refractivity contribution in [2.75, 3.05) is 0 Å². The summed E-state index contributed by atoms with van der Waals surface area (Å²) < 4.78 is 99.7. The summed E-state index contributed by atoms with van der Waals surface area (Å²) in [4.78, 5) is 27.4. The first-order valence-corrected chi connectivity index (χ1v) is 13.5. The molecule has 15 heteroatoms. The Hall–Kier alpha value is -3.00. The van der Waals surface area contributed by atoms with Crippen LogP contribution in [0.4, 0.5) is 35.1 Å². The Morgan fingerprint density at radius 2 is 1.59 bits per heavy atom. The molecule has 2 unspecified atom stereocenters. The molecule has 3 fully saturated rings. The van der Waals surface area contributed by atoms with Gasteiger partial charge in [0.2, 0.25) is 17.7 Å². The minimum atomic E-state index is -4.41. The zero-order chi connectivity index (χ0) is 30.3. The van der Waals surface area contributed by atoms with E-state index in [1.54, 1.807) is 6.07 Å². The molecule has 2 aromatic rings. The first kappa shape index (κ1) is 32.5. The third-order valence-corrected chi connectivity index (χ3v) is 6.48. The number of carbonyl (C=O) groups excluding carboxylic acids is 2. The Labute approximate surface area is 231 Å². The zero-order valence-electron chi connectivity index (χ0n) is 22.3. The average molecular weight is 600 g/mol. The number of fused-ring (bicyclic) bond motifs is 1. The highest BCUT2D eigenvalue weighted by Gasteiger charge is 2.58. The topological polar surface area (TPSA) is 88.4 Å². The van der Waals surface area contributed by atoms with E-state index in [2.05, 4.69) is 20.7 Å². The minimum Gasteiger partial charge on any atom is -0.352 e. The van der Waals surface area contributed by atoms with Crippen molar-refractivity contribution in [3.63, 3.8) is 0 Å². The van der Waals surface area contributed by atoms with Crippen molar-refractivity contribution in [1.82, 2.24) is 25.2 Å². The lowest BCUT2D eigenvalue weighted by Gasteiger charge is -2.20. The van der Waals surface area contributed by atoms with Gasteiger partial charge in [-0.2, -0.15) is 31.4 Å². The molecule has 7 nitrogen and oxygen atoms in total. The second-order valence-electron chi connectivity index (χ2n) is 10.5. The molecule has 2 N–H and O–H groups in total. The fourth-order valence-electron chi connectivity index (χ4n) is 3.92. The molecule has 2 aromatic heterocycles. The van der Waals surface area contributed by atoms with Crippen molar-refractivity contribution < 1.29 is 44.7 Å². The smallest absolute Gasteiger partial charge is 0.352 e. The maximum atomic E-state index is 12.5. The molecule has 0 spiro atoms. The predicted molar refractivity (Wildman–Crippen MR) is 132 cm³/mol. The number of hydrogen-bond acceptors (Lipinski definition) is 4. The van der Waals surface area contributed by atoms with Gasteiger partial charge in [-0.1, -0.05) is 25.7 Å². The van der Waals surface area contributed by atoms with Crippen LogP contribution in [0.5, 0.6) is 0 Å². The quantitative estimate of drug-likeness (QED) is 0.368. The number of aromatic nitrogens is 3. The highest BCUT2D eigenvalue weighted by atomic mass is 19.4. The van der Waals surface area contributed by atoms with Crippen molar-refractivity contribution in [2.45, 2.75) is 102 Å². The Bertz CT molecular complexity index is 1150. The molecule has 3 saturated carbocycles. The molecule has 0 aromatic carbocycles. The van der Waals surface area contributed by atoms with Gasteiger partial charge in [-0.25, -0.2) is 18.3 Å². The van der Waals surface area contributed by atoms with Crippen LogP contribution >= 0.6 is 0 Å². The molecule has 3 aliphatic carbocycles. The summed E-state index contributed by atoms with van der Waals surface area (Å²) in [6.07, 6.45) is -0.872. The standard InChI is InChI=1S/C17H17F6N5O2.C6H10F2.C3H6/c18-16(19,20)2-1-14(29)24-5-9-3-13-27-10(8-28(13)26-6-9)7-25-15(30)11-4-12(11)17(21,22)23;7-6(8)4-2-1-3-5-6;1-2-3-1/h3,6,8,11-12H,1-2,4-5,7H2,(H,24,29)(H,25,30);1-5H2;1-3H2. The fourth-order valence-corrected chi connectivity index (χ4v) is 3.92. The SMILES string of the molecule is C1CC1.FC1(F)CCCCC1.O=C(CCC(F)(F)F)NCc1cnn2cc(CNC(=O)C3CC3C(F)(F)F)nc2c1. The number of carbonyl (C=O) groups is 2. The summed E-state index contributed by atoms with van der Waals surface area (Å²) in [5.41, 5.74) is 1.21. The van der Waals surface area contributed by atoms with Gasteiger partial charge in [0.25, 0.3) is 0 Å². The largest absolute Gasteiger partial charge is 0.392 e. The summed E-state index contributed by atoms with van der Waals surface area (Å²) in [7, 11) is 0. The lowest BCUT2D eigenvalue weighted by atomic mass is 9.97. The highest BCUT2D eigenvalue weighted by Crippen LogP contribution is 2.50. The molecular weight excluding hydrogens is 566 g/mol. The second kappa shape index (κ2) is 13.8. The molecule has 2 atom stereocenters. The van der Waals surface area contributed by atoms with Crippen molar-refractivity contribution in [2.24, 2.45) is 11.8 Å². The van der Waals surface area contributed by atoms with E-state index in [9.17, 15) is 44.7 Å². The van der Waals surface area contributed by atoms with Crippen LogP contribution in [-0.2, 0) is 22.7 Å². The van der Waals surface area contributed by atoms with Gasteiger partial charge >= 0.3 is 12.4 Å². The molecule has 230 valence electrons. The lowest BCUT2D eigenvalue weighted by Crippen LogP contribution is -2.27. The van der Waals surface area contributed by atoms with Gasteiger partial charge in [-0.3, -0.25) is 9.59 Å². The normalized spacial score (nSPS) is 21.1. The molecule has 0 aliphatic heterocycles. The summed E-state index contributed by atoms with van der Waals surface area (Å²) in [5, 5.41) is 8.81. The van der Waals surface area contributed by atoms with Crippen molar-refractivity contribution in [3.8, 4) is 0 Å². The van der Waals surface area contributed by atoms with Crippen LogP contribution in [-0.4, -0.2) is 44.7 Å². The van der Waals surface area contributed by atoms with Crippen LogP contribution < -0.4 is 10.6 Å². The number of halogens is 8. The monoisotopic (exact) mass is 599 g/mol. The van der Waals surface area contributed by atoms with Crippen LogP contribution in [0.2, 0.25) is 0 Å².